The number of likely N-dealkylation sites (N-methyl/N-ethyl adjacent to an activating group) is 1. The lowest BCUT2D eigenvalue weighted by molar-refractivity contribution is -0.122. The molecular formula is C19H32Cl2N4O2. The Bertz CT molecular complexity index is 565. The lowest BCUT2D eigenvalue weighted by Gasteiger charge is -2.43. The Balaban J connectivity index is 0.00000182. The third kappa shape index (κ3) is 6.42. The molecule has 2 aliphatic rings. The number of carbonyl (C=O) groups is 1. The standard InChI is InChI=1S/C19H30N4O2.2ClH/c1-20-19(24)15-21-9-3-4-17(14-21)23-12-10-22(11-13-23)16-5-7-18(25-2)8-6-16;;/h5-8,17H,3-4,9-15H2,1-2H3,(H,20,24);2*1H. The van der Waals surface area contributed by atoms with Crippen molar-refractivity contribution in [2.45, 2.75) is 18.9 Å². The zero-order chi connectivity index (χ0) is 17.6. The highest BCUT2D eigenvalue weighted by molar-refractivity contribution is 5.85. The van der Waals surface area contributed by atoms with Crippen molar-refractivity contribution >= 4 is 36.4 Å². The molecule has 1 unspecified atom stereocenters. The highest BCUT2D eigenvalue weighted by Gasteiger charge is 2.28. The van der Waals surface area contributed by atoms with Crippen LogP contribution in [0.1, 0.15) is 12.8 Å². The van der Waals surface area contributed by atoms with Gasteiger partial charge in [-0.25, -0.2) is 0 Å². The van der Waals surface area contributed by atoms with Crippen LogP contribution in [0, 0.1) is 0 Å². The third-order valence-corrected chi connectivity index (χ3v) is 5.39. The van der Waals surface area contributed by atoms with Crippen LogP contribution in [0.5, 0.6) is 5.75 Å². The van der Waals surface area contributed by atoms with Crippen LogP contribution in [-0.2, 0) is 4.79 Å². The Morgan fingerprint density at radius 2 is 1.78 bits per heavy atom. The fraction of sp³-hybridized carbons (Fsp3) is 0.632. The van der Waals surface area contributed by atoms with E-state index in [0.717, 1.165) is 45.0 Å². The first-order valence-corrected chi connectivity index (χ1v) is 9.25. The average Bonchev–Trinajstić information content (AvgIpc) is 2.68. The number of hydrogen-bond donors (Lipinski definition) is 1. The van der Waals surface area contributed by atoms with Crippen LogP contribution in [0.4, 0.5) is 5.69 Å². The zero-order valence-corrected chi connectivity index (χ0v) is 17.9. The van der Waals surface area contributed by atoms with Crippen LogP contribution in [0.15, 0.2) is 24.3 Å². The highest BCUT2D eigenvalue weighted by atomic mass is 35.5. The third-order valence-electron chi connectivity index (χ3n) is 5.39. The van der Waals surface area contributed by atoms with Crippen molar-refractivity contribution in [3.8, 4) is 5.75 Å². The molecule has 0 spiro atoms. The van der Waals surface area contributed by atoms with Crippen LogP contribution < -0.4 is 15.0 Å². The average molecular weight is 419 g/mol. The van der Waals surface area contributed by atoms with Crippen molar-refractivity contribution in [1.29, 1.82) is 0 Å². The molecule has 1 aromatic rings. The normalized spacial score (nSPS) is 21.0. The molecule has 27 heavy (non-hydrogen) atoms. The Hall–Kier alpha value is -1.21. The van der Waals surface area contributed by atoms with Gasteiger partial charge in [-0.2, -0.15) is 0 Å². The molecule has 0 aliphatic carbocycles. The lowest BCUT2D eigenvalue weighted by Crippen LogP contribution is -2.55. The number of rotatable bonds is 5. The van der Waals surface area contributed by atoms with Crippen LogP contribution >= 0.6 is 24.8 Å². The maximum atomic E-state index is 11.6. The second kappa shape index (κ2) is 11.6. The first-order chi connectivity index (χ1) is 12.2. The number of piperidine rings is 1. The highest BCUT2D eigenvalue weighted by Crippen LogP contribution is 2.23. The molecule has 0 bridgehead atoms. The molecule has 2 saturated heterocycles. The summed E-state index contributed by atoms with van der Waals surface area (Å²) in [5.41, 5.74) is 1.27. The topological polar surface area (TPSA) is 48.1 Å². The summed E-state index contributed by atoms with van der Waals surface area (Å²) in [5.74, 6) is 1.02. The van der Waals surface area contributed by atoms with Crippen molar-refractivity contribution in [2.24, 2.45) is 0 Å². The number of nitrogens with zero attached hydrogens (tertiary/aromatic N) is 3. The number of benzene rings is 1. The molecule has 1 atom stereocenters. The van der Waals surface area contributed by atoms with Crippen LogP contribution in [-0.4, -0.2) is 81.7 Å². The molecule has 2 fully saturated rings. The number of methoxy groups -OCH3 is 1. The number of likely N-dealkylation sites (tertiary alicyclic amines) is 1. The minimum Gasteiger partial charge on any atom is -0.497 e. The molecule has 2 aliphatic heterocycles. The molecular weight excluding hydrogens is 387 g/mol. The Labute approximate surface area is 175 Å². The molecule has 2 heterocycles. The summed E-state index contributed by atoms with van der Waals surface area (Å²) < 4.78 is 5.24. The Kier molecular flexibility index (Phi) is 10.2. The van der Waals surface area contributed by atoms with Gasteiger partial charge in [-0.3, -0.25) is 14.6 Å². The van der Waals surface area contributed by atoms with Gasteiger partial charge in [0.15, 0.2) is 0 Å². The van der Waals surface area contributed by atoms with E-state index in [1.165, 1.54) is 18.5 Å². The summed E-state index contributed by atoms with van der Waals surface area (Å²) >= 11 is 0. The smallest absolute Gasteiger partial charge is 0.233 e. The summed E-state index contributed by atoms with van der Waals surface area (Å²) in [5, 5.41) is 2.73. The molecule has 154 valence electrons. The van der Waals surface area contributed by atoms with Crippen LogP contribution in [0.2, 0.25) is 0 Å². The van der Waals surface area contributed by atoms with Gasteiger partial charge in [0.2, 0.25) is 5.91 Å². The van der Waals surface area contributed by atoms with Crippen molar-refractivity contribution in [2.75, 3.05) is 64.9 Å². The van der Waals surface area contributed by atoms with E-state index >= 15 is 0 Å². The van der Waals surface area contributed by atoms with Crippen molar-refractivity contribution in [1.82, 2.24) is 15.1 Å². The number of nitrogens with one attached hydrogen (secondary N) is 1. The second-order valence-corrected chi connectivity index (χ2v) is 6.93. The van der Waals surface area contributed by atoms with Gasteiger partial charge in [-0.15, -0.1) is 24.8 Å². The minimum atomic E-state index is 0. The number of amides is 1. The summed E-state index contributed by atoms with van der Waals surface area (Å²) in [6.07, 6.45) is 2.42. The van der Waals surface area contributed by atoms with Gasteiger partial charge >= 0.3 is 0 Å². The molecule has 3 rings (SSSR count). The maximum Gasteiger partial charge on any atom is 0.233 e. The molecule has 0 aromatic heterocycles. The van der Waals surface area contributed by atoms with Gasteiger partial charge < -0.3 is 15.0 Å². The van der Waals surface area contributed by atoms with E-state index in [1.807, 2.05) is 12.1 Å². The van der Waals surface area contributed by atoms with Gasteiger partial charge in [-0.1, -0.05) is 0 Å². The van der Waals surface area contributed by atoms with Gasteiger partial charge in [-0.05, 0) is 43.7 Å². The Morgan fingerprint density at radius 1 is 1.11 bits per heavy atom. The summed E-state index contributed by atoms with van der Waals surface area (Å²) in [6, 6.07) is 8.91. The summed E-state index contributed by atoms with van der Waals surface area (Å²) in [6.45, 7) is 6.86. The van der Waals surface area contributed by atoms with E-state index in [-0.39, 0.29) is 30.7 Å². The van der Waals surface area contributed by atoms with Crippen LogP contribution in [0.25, 0.3) is 0 Å². The molecule has 0 saturated carbocycles. The molecule has 1 N–H and O–H groups in total. The largest absolute Gasteiger partial charge is 0.497 e. The number of ether oxygens (including phenoxy) is 1. The molecule has 0 radical (unpaired) electrons. The lowest BCUT2D eigenvalue weighted by atomic mass is 10.0. The van der Waals surface area contributed by atoms with Gasteiger partial charge in [0.05, 0.1) is 13.7 Å². The fourth-order valence-electron chi connectivity index (χ4n) is 3.89. The van der Waals surface area contributed by atoms with Crippen molar-refractivity contribution in [3.05, 3.63) is 24.3 Å². The number of hydrogen-bond acceptors (Lipinski definition) is 5. The van der Waals surface area contributed by atoms with Crippen molar-refractivity contribution < 1.29 is 9.53 Å². The molecule has 1 amide bonds. The van der Waals surface area contributed by atoms with Gasteiger partial charge in [0.1, 0.15) is 5.75 Å². The number of piperazine rings is 1. The quantitative estimate of drug-likeness (QED) is 0.790. The van der Waals surface area contributed by atoms with E-state index in [0.29, 0.717) is 12.6 Å². The first-order valence-electron chi connectivity index (χ1n) is 9.25. The zero-order valence-electron chi connectivity index (χ0n) is 16.2. The SMILES string of the molecule is CNC(=O)CN1CCCC(N2CCN(c3ccc(OC)cc3)CC2)C1.Cl.Cl. The Morgan fingerprint density at radius 3 is 2.37 bits per heavy atom. The second-order valence-electron chi connectivity index (χ2n) is 6.93. The summed E-state index contributed by atoms with van der Waals surface area (Å²) in [4.78, 5) is 19.0. The van der Waals surface area contributed by atoms with E-state index in [1.54, 1.807) is 14.2 Å². The van der Waals surface area contributed by atoms with Crippen LogP contribution in [0.3, 0.4) is 0 Å². The predicted octanol–water partition coefficient (Wildman–Crippen LogP) is 1.87. The van der Waals surface area contributed by atoms with E-state index in [9.17, 15) is 4.79 Å². The maximum absolute atomic E-state index is 11.6. The number of carbonyl (C=O) groups excluding carboxylic acids is 1. The predicted molar refractivity (Wildman–Crippen MR) is 115 cm³/mol. The van der Waals surface area contributed by atoms with E-state index in [2.05, 4.69) is 32.1 Å². The van der Waals surface area contributed by atoms with Gasteiger partial charge in [0.25, 0.3) is 0 Å². The number of anilines is 1. The van der Waals surface area contributed by atoms with Crippen molar-refractivity contribution in [3.63, 3.8) is 0 Å². The first kappa shape index (κ1) is 23.8. The summed E-state index contributed by atoms with van der Waals surface area (Å²) in [7, 11) is 3.41. The molecule has 1 aromatic carbocycles. The van der Waals surface area contributed by atoms with E-state index < -0.39 is 0 Å². The monoisotopic (exact) mass is 418 g/mol. The fourth-order valence-corrected chi connectivity index (χ4v) is 3.89. The molecule has 8 heteroatoms. The minimum absolute atomic E-state index is 0. The van der Waals surface area contributed by atoms with E-state index in [4.69, 9.17) is 4.74 Å². The number of halogens is 2. The molecule has 6 nitrogen and oxygen atoms in total. The van der Waals surface area contributed by atoms with Gasteiger partial charge in [0, 0.05) is 51.5 Å².